The maximum Gasteiger partial charge on any atom is 0.251 e. The van der Waals surface area contributed by atoms with Crippen molar-refractivity contribution < 1.29 is 9.59 Å². The van der Waals surface area contributed by atoms with Crippen molar-refractivity contribution in [3.8, 4) is 0 Å². The van der Waals surface area contributed by atoms with Gasteiger partial charge in [0.15, 0.2) is 11.5 Å². The number of carbonyl (C=O) groups excluding carboxylic acids is 2. The average molecular weight is 442 g/mol. The minimum absolute atomic E-state index is 0.0197. The number of hydrogen-bond acceptors (Lipinski definition) is 4. The summed E-state index contributed by atoms with van der Waals surface area (Å²) in [6.45, 7) is 1.00. The van der Waals surface area contributed by atoms with Gasteiger partial charge in [0.2, 0.25) is 5.91 Å². The third-order valence-corrected chi connectivity index (χ3v) is 5.47. The zero-order valence-electron chi connectivity index (χ0n) is 15.2. The number of hydrogen-bond donors (Lipinski definition) is 1. The maximum atomic E-state index is 12.8. The van der Waals surface area contributed by atoms with Crippen LogP contribution in [0, 0.1) is 0 Å². The lowest BCUT2D eigenvalue weighted by Gasteiger charge is -2.23. The summed E-state index contributed by atoms with van der Waals surface area (Å²) in [6, 6.07) is 12.8. The van der Waals surface area contributed by atoms with Crippen LogP contribution in [0.3, 0.4) is 0 Å². The minimum atomic E-state index is -0.179. The van der Waals surface area contributed by atoms with Gasteiger partial charge in [-0.05, 0) is 49.2 Å². The van der Waals surface area contributed by atoms with Crippen LogP contribution in [0.25, 0.3) is 5.65 Å². The topological polar surface area (TPSA) is 79.6 Å². The highest BCUT2D eigenvalue weighted by atomic mass is 79.9. The molecule has 28 heavy (non-hydrogen) atoms. The van der Waals surface area contributed by atoms with E-state index in [0.717, 1.165) is 28.8 Å². The van der Waals surface area contributed by atoms with Crippen molar-refractivity contribution in [2.24, 2.45) is 0 Å². The lowest BCUT2D eigenvalue weighted by atomic mass is 10.2. The molecule has 0 spiro atoms. The number of pyridine rings is 1. The quantitative estimate of drug-likeness (QED) is 0.659. The standard InChI is InChI=1S/C20H20BrN5O2/c21-15-8-6-14(7-9-15)20(28)22-11-10-18(27)25-13-3-4-16(25)19-24-23-17-5-1-2-12-26(17)19/h1-2,5-9,12,16H,3-4,10-11,13H2,(H,22,28). The fourth-order valence-electron chi connectivity index (χ4n) is 3.55. The van der Waals surface area contributed by atoms with Crippen molar-refractivity contribution in [3.05, 3.63) is 64.5 Å². The molecule has 7 nitrogen and oxygen atoms in total. The summed E-state index contributed by atoms with van der Waals surface area (Å²) in [5, 5.41) is 11.3. The summed E-state index contributed by atoms with van der Waals surface area (Å²) in [6.07, 6.45) is 3.98. The predicted octanol–water partition coefficient (Wildman–Crippen LogP) is 2.98. The highest BCUT2D eigenvalue weighted by Gasteiger charge is 2.32. The first-order chi connectivity index (χ1) is 13.6. The number of fused-ring (bicyclic) bond motifs is 1. The van der Waals surface area contributed by atoms with E-state index in [0.29, 0.717) is 18.7 Å². The van der Waals surface area contributed by atoms with Crippen LogP contribution in [0.4, 0.5) is 0 Å². The van der Waals surface area contributed by atoms with Crippen molar-refractivity contribution in [1.29, 1.82) is 0 Å². The largest absolute Gasteiger partial charge is 0.352 e. The first-order valence-corrected chi connectivity index (χ1v) is 10.1. The Morgan fingerprint density at radius 3 is 2.79 bits per heavy atom. The number of nitrogens with one attached hydrogen (secondary N) is 1. The van der Waals surface area contributed by atoms with E-state index in [2.05, 4.69) is 31.4 Å². The van der Waals surface area contributed by atoms with Crippen LogP contribution in [-0.4, -0.2) is 44.4 Å². The second-order valence-corrected chi connectivity index (χ2v) is 7.66. The van der Waals surface area contributed by atoms with E-state index < -0.39 is 0 Å². The first kappa shape index (κ1) is 18.6. The zero-order valence-corrected chi connectivity index (χ0v) is 16.8. The number of nitrogens with zero attached hydrogens (tertiary/aromatic N) is 4. The molecule has 0 saturated carbocycles. The average Bonchev–Trinajstić information content (AvgIpc) is 3.35. The molecule has 0 radical (unpaired) electrons. The van der Waals surface area contributed by atoms with E-state index in [1.165, 1.54) is 0 Å². The van der Waals surface area contributed by atoms with Crippen LogP contribution in [0.15, 0.2) is 53.1 Å². The molecule has 1 saturated heterocycles. The zero-order chi connectivity index (χ0) is 19.5. The Kier molecular flexibility index (Phi) is 5.38. The van der Waals surface area contributed by atoms with Crippen LogP contribution in [-0.2, 0) is 4.79 Å². The van der Waals surface area contributed by atoms with Crippen LogP contribution in [0.5, 0.6) is 0 Å². The van der Waals surface area contributed by atoms with E-state index in [9.17, 15) is 9.59 Å². The molecule has 1 aliphatic rings. The molecule has 1 atom stereocenters. The minimum Gasteiger partial charge on any atom is -0.352 e. The van der Waals surface area contributed by atoms with Gasteiger partial charge in [-0.1, -0.05) is 22.0 Å². The molecule has 4 rings (SSSR count). The Hall–Kier alpha value is -2.74. The number of aromatic nitrogens is 3. The van der Waals surface area contributed by atoms with Gasteiger partial charge in [-0.15, -0.1) is 10.2 Å². The molecule has 3 aromatic rings. The van der Waals surface area contributed by atoms with E-state index in [4.69, 9.17) is 0 Å². The van der Waals surface area contributed by atoms with E-state index >= 15 is 0 Å². The smallest absolute Gasteiger partial charge is 0.251 e. The normalized spacial score (nSPS) is 16.5. The van der Waals surface area contributed by atoms with Crippen molar-refractivity contribution in [3.63, 3.8) is 0 Å². The third kappa shape index (κ3) is 3.77. The molecule has 3 heterocycles. The van der Waals surface area contributed by atoms with Gasteiger partial charge in [-0.2, -0.15) is 0 Å². The molecule has 2 aromatic heterocycles. The maximum absolute atomic E-state index is 12.8. The summed E-state index contributed by atoms with van der Waals surface area (Å²) in [7, 11) is 0. The first-order valence-electron chi connectivity index (χ1n) is 9.26. The molecule has 1 fully saturated rings. The number of rotatable bonds is 5. The molecule has 8 heteroatoms. The van der Waals surface area contributed by atoms with Crippen LogP contribution < -0.4 is 5.32 Å². The molecule has 1 aromatic carbocycles. The lowest BCUT2D eigenvalue weighted by Crippen LogP contribution is -2.34. The van der Waals surface area contributed by atoms with Gasteiger partial charge < -0.3 is 10.2 Å². The Morgan fingerprint density at radius 1 is 1.14 bits per heavy atom. The molecule has 0 aliphatic carbocycles. The molecule has 0 bridgehead atoms. The number of likely N-dealkylation sites (tertiary alicyclic amines) is 1. The van der Waals surface area contributed by atoms with Gasteiger partial charge in [-0.25, -0.2) is 0 Å². The number of amides is 2. The fourth-order valence-corrected chi connectivity index (χ4v) is 3.82. The molecular weight excluding hydrogens is 422 g/mol. The van der Waals surface area contributed by atoms with Crippen LogP contribution in [0.2, 0.25) is 0 Å². The highest BCUT2D eigenvalue weighted by Crippen LogP contribution is 2.31. The summed E-state index contributed by atoms with van der Waals surface area (Å²) < 4.78 is 2.85. The molecule has 1 unspecified atom stereocenters. The molecule has 144 valence electrons. The monoisotopic (exact) mass is 441 g/mol. The number of carbonyl (C=O) groups is 2. The number of benzene rings is 1. The third-order valence-electron chi connectivity index (χ3n) is 4.94. The lowest BCUT2D eigenvalue weighted by molar-refractivity contribution is -0.132. The van der Waals surface area contributed by atoms with Gasteiger partial charge in [-0.3, -0.25) is 14.0 Å². The van der Waals surface area contributed by atoms with Gasteiger partial charge in [0.05, 0.1) is 6.04 Å². The van der Waals surface area contributed by atoms with Crippen molar-refractivity contribution >= 4 is 33.4 Å². The fraction of sp³-hybridized carbons (Fsp3) is 0.300. The highest BCUT2D eigenvalue weighted by molar-refractivity contribution is 9.10. The summed E-state index contributed by atoms with van der Waals surface area (Å²) in [5.41, 5.74) is 1.35. The summed E-state index contributed by atoms with van der Waals surface area (Å²) in [5.74, 6) is 0.633. The summed E-state index contributed by atoms with van der Waals surface area (Å²) in [4.78, 5) is 26.8. The van der Waals surface area contributed by atoms with Crippen molar-refractivity contribution in [2.45, 2.75) is 25.3 Å². The predicted molar refractivity (Wildman–Crippen MR) is 108 cm³/mol. The van der Waals surface area contributed by atoms with Crippen LogP contribution >= 0.6 is 15.9 Å². The molecule has 1 aliphatic heterocycles. The molecule has 2 amide bonds. The Bertz CT molecular complexity index is 1000. The van der Waals surface area contributed by atoms with Gasteiger partial charge in [0.25, 0.3) is 5.91 Å². The Labute approximate surface area is 170 Å². The van der Waals surface area contributed by atoms with E-state index in [1.54, 1.807) is 12.1 Å². The van der Waals surface area contributed by atoms with Crippen molar-refractivity contribution in [2.75, 3.05) is 13.1 Å². The Morgan fingerprint density at radius 2 is 1.96 bits per heavy atom. The summed E-state index contributed by atoms with van der Waals surface area (Å²) >= 11 is 3.35. The second kappa shape index (κ2) is 8.10. The SMILES string of the molecule is O=C(NCCC(=O)N1CCCC1c1nnc2ccccn12)c1ccc(Br)cc1. The van der Waals surface area contributed by atoms with Crippen LogP contribution in [0.1, 0.15) is 41.5 Å². The van der Waals surface area contributed by atoms with E-state index in [1.807, 2.05) is 45.8 Å². The van der Waals surface area contributed by atoms with Gasteiger partial charge >= 0.3 is 0 Å². The van der Waals surface area contributed by atoms with E-state index in [-0.39, 0.29) is 24.3 Å². The van der Waals surface area contributed by atoms with Gasteiger partial charge in [0, 0.05) is 35.7 Å². The number of halogens is 1. The Balaban J connectivity index is 1.37. The molecular formula is C20H20BrN5O2. The van der Waals surface area contributed by atoms with Gasteiger partial charge in [0.1, 0.15) is 0 Å². The van der Waals surface area contributed by atoms with Crippen molar-refractivity contribution in [1.82, 2.24) is 24.8 Å². The second-order valence-electron chi connectivity index (χ2n) is 6.74. The molecule has 1 N–H and O–H groups in total.